The molecular formula is C13H28N2O10S. The van der Waals surface area contributed by atoms with Gasteiger partial charge in [-0.05, 0) is 13.0 Å². The third kappa shape index (κ3) is 9.16. The van der Waals surface area contributed by atoms with Crippen LogP contribution in [0.15, 0.2) is 0 Å². The summed E-state index contributed by atoms with van der Waals surface area (Å²) in [6.07, 6.45) is 0.00209. The zero-order valence-electron chi connectivity index (χ0n) is 14.3. The Kier molecular flexibility index (Phi) is 11.3. The molecule has 12 nitrogen and oxygen atoms in total. The van der Waals surface area contributed by atoms with E-state index in [9.17, 15) is 23.4 Å². The van der Waals surface area contributed by atoms with Gasteiger partial charge in [-0.15, -0.1) is 0 Å². The maximum absolute atomic E-state index is 11.7. The van der Waals surface area contributed by atoms with Gasteiger partial charge in [-0.1, -0.05) is 0 Å². The Bertz CT molecular complexity index is 497. The molecule has 0 fully saturated rings. The van der Waals surface area contributed by atoms with Crippen LogP contribution in [0.25, 0.3) is 0 Å². The standard InChI is InChI=1S/C13H28N2O10S/c16-5-12(6-17,7-18)15-4-11(21)25-10-13(8-19,9-20)14-2-1-3-26(22,23)24/h14-20H,1-10H2,(H,22,23,24). The van der Waals surface area contributed by atoms with Gasteiger partial charge in [0.2, 0.25) is 0 Å². The first-order valence-electron chi connectivity index (χ1n) is 7.76. The average Bonchev–Trinajstić information content (AvgIpc) is 2.62. The third-order valence-corrected chi connectivity index (χ3v) is 4.51. The van der Waals surface area contributed by atoms with Gasteiger partial charge in [0.05, 0.1) is 56.4 Å². The third-order valence-electron chi connectivity index (χ3n) is 3.71. The molecule has 0 atom stereocenters. The number of hydrogen-bond acceptors (Lipinski definition) is 11. The maximum Gasteiger partial charge on any atom is 0.320 e. The van der Waals surface area contributed by atoms with Gasteiger partial charge in [0.15, 0.2) is 0 Å². The summed E-state index contributed by atoms with van der Waals surface area (Å²) in [5.41, 5.74) is -2.88. The van der Waals surface area contributed by atoms with Crippen molar-refractivity contribution in [1.82, 2.24) is 10.6 Å². The minimum absolute atomic E-state index is 0.00209. The van der Waals surface area contributed by atoms with Crippen molar-refractivity contribution < 1.29 is 48.0 Å². The molecule has 0 heterocycles. The normalized spacial score (nSPS) is 13.0. The molecule has 0 saturated heterocycles. The molecule has 0 rings (SSSR count). The quantitative estimate of drug-likeness (QED) is 0.0737. The van der Waals surface area contributed by atoms with Gasteiger partial charge < -0.3 is 35.6 Å². The Hall–Kier alpha value is -0.900. The van der Waals surface area contributed by atoms with E-state index in [1.165, 1.54) is 0 Å². The van der Waals surface area contributed by atoms with Gasteiger partial charge >= 0.3 is 5.97 Å². The molecule has 156 valence electrons. The minimum Gasteiger partial charge on any atom is -0.463 e. The molecule has 0 amide bonds. The topological polar surface area (TPSA) is 206 Å². The summed E-state index contributed by atoms with van der Waals surface area (Å²) in [4.78, 5) is 11.7. The van der Waals surface area contributed by atoms with E-state index in [4.69, 9.17) is 24.6 Å². The number of carbonyl (C=O) groups is 1. The zero-order chi connectivity index (χ0) is 20.3. The first-order valence-corrected chi connectivity index (χ1v) is 9.37. The van der Waals surface area contributed by atoms with E-state index >= 15 is 0 Å². The smallest absolute Gasteiger partial charge is 0.320 e. The van der Waals surface area contributed by atoms with E-state index in [2.05, 4.69) is 10.6 Å². The number of aliphatic hydroxyl groups excluding tert-OH is 5. The number of ether oxygens (including phenoxy) is 1. The van der Waals surface area contributed by atoms with Crippen LogP contribution in [-0.2, 0) is 19.6 Å². The van der Waals surface area contributed by atoms with E-state index in [1.54, 1.807) is 0 Å². The lowest BCUT2D eigenvalue weighted by Gasteiger charge is -2.31. The van der Waals surface area contributed by atoms with Crippen molar-refractivity contribution in [3.63, 3.8) is 0 Å². The van der Waals surface area contributed by atoms with E-state index < -0.39 is 79.1 Å². The molecule has 8 N–H and O–H groups in total. The molecule has 0 saturated carbocycles. The molecule has 0 aliphatic rings. The highest BCUT2D eigenvalue weighted by molar-refractivity contribution is 7.85. The van der Waals surface area contributed by atoms with Crippen molar-refractivity contribution in [3.05, 3.63) is 0 Å². The molecule has 26 heavy (non-hydrogen) atoms. The van der Waals surface area contributed by atoms with Crippen molar-refractivity contribution >= 4 is 16.1 Å². The van der Waals surface area contributed by atoms with Gasteiger partial charge in [-0.25, -0.2) is 0 Å². The van der Waals surface area contributed by atoms with Crippen molar-refractivity contribution in [1.29, 1.82) is 0 Å². The average molecular weight is 404 g/mol. The molecule has 0 spiro atoms. The molecule has 0 aromatic rings. The van der Waals surface area contributed by atoms with Crippen molar-refractivity contribution in [2.24, 2.45) is 0 Å². The van der Waals surface area contributed by atoms with E-state index in [0.717, 1.165) is 0 Å². The van der Waals surface area contributed by atoms with Crippen LogP contribution in [-0.4, -0.2) is 114 Å². The number of rotatable bonds is 15. The summed E-state index contributed by atoms with van der Waals surface area (Å²) in [5, 5.41) is 51.4. The fourth-order valence-electron chi connectivity index (χ4n) is 1.76. The Labute approximate surface area is 151 Å². The Morgan fingerprint density at radius 2 is 1.38 bits per heavy atom. The second-order valence-corrected chi connectivity index (χ2v) is 7.50. The highest BCUT2D eigenvalue weighted by Gasteiger charge is 2.31. The number of nitrogens with one attached hydrogen (secondary N) is 2. The lowest BCUT2D eigenvalue weighted by molar-refractivity contribution is -0.147. The van der Waals surface area contributed by atoms with Gasteiger partial charge in [0, 0.05) is 0 Å². The molecule has 13 heteroatoms. The summed E-state index contributed by atoms with van der Waals surface area (Å²) in [5.74, 6) is -1.35. The Morgan fingerprint density at radius 1 is 0.885 bits per heavy atom. The largest absolute Gasteiger partial charge is 0.463 e. The first-order chi connectivity index (χ1) is 12.1. The van der Waals surface area contributed by atoms with Crippen LogP contribution in [0.3, 0.4) is 0 Å². The van der Waals surface area contributed by atoms with Gasteiger partial charge in [-0.2, -0.15) is 8.42 Å². The predicted octanol–water partition coefficient (Wildman–Crippen LogP) is -4.57. The SMILES string of the molecule is O=C(CNC(CO)(CO)CO)OCC(CO)(CO)NCCCS(=O)(=O)O. The van der Waals surface area contributed by atoms with Crippen LogP contribution in [0, 0.1) is 0 Å². The van der Waals surface area contributed by atoms with Crippen LogP contribution in [0.5, 0.6) is 0 Å². The van der Waals surface area contributed by atoms with Gasteiger partial charge in [0.1, 0.15) is 6.61 Å². The fourth-order valence-corrected chi connectivity index (χ4v) is 2.27. The van der Waals surface area contributed by atoms with Gasteiger partial charge in [-0.3, -0.25) is 14.7 Å². The summed E-state index contributed by atoms with van der Waals surface area (Å²) in [6.45, 7) is -4.01. The maximum atomic E-state index is 11.7. The lowest BCUT2D eigenvalue weighted by Crippen LogP contribution is -2.58. The highest BCUT2D eigenvalue weighted by Crippen LogP contribution is 2.06. The monoisotopic (exact) mass is 404 g/mol. The number of esters is 1. The lowest BCUT2D eigenvalue weighted by atomic mass is 10.0. The molecule has 0 aromatic heterocycles. The molecular weight excluding hydrogens is 376 g/mol. The van der Waals surface area contributed by atoms with Crippen LogP contribution >= 0.6 is 0 Å². The summed E-state index contributed by atoms with van der Waals surface area (Å²) in [7, 11) is -4.13. The number of hydrogen-bond donors (Lipinski definition) is 8. The first kappa shape index (κ1) is 25.1. The molecule has 0 radical (unpaired) electrons. The minimum atomic E-state index is -4.13. The van der Waals surface area contributed by atoms with Crippen molar-refractivity contribution in [2.75, 3.05) is 58.5 Å². The summed E-state index contributed by atoms with van der Waals surface area (Å²) < 4.78 is 34.8. The van der Waals surface area contributed by atoms with Gasteiger partial charge in [0.25, 0.3) is 10.1 Å². The Morgan fingerprint density at radius 3 is 1.81 bits per heavy atom. The van der Waals surface area contributed by atoms with Crippen LogP contribution in [0.2, 0.25) is 0 Å². The summed E-state index contributed by atoms with van der Waals surface area (Å²) >= 11 is 0. The van der Waals surface area contributed by atoms with Crippen molar-refractivity contribution in [3.8, 4) is 0 Å². The van der Waals surface area contributed by atoms with E-state index in [-0.39, 0.29) is 13.0 Å². The number of aliphatic hydroxyl groups is 5. The second kappa shape index (κ2) is 11.7. The number of carbonyl (C=O) groups excluding carboxylic acids is 1. The molecule has 0 unspecified atom stereocenters. The molecule has 0 bridgehead atoms. The molecule has 0 aliphatic carbocycles. The van der Waals surface area contributed by atoms with Crippen LogP contribution in [0.1, 0.15) is 6.42 Å². The van der Waals surface area contributed by atoms with E-state index in [1.807, 2.05) is 0 Å². The van der Waals surface area contributed by atoms with Crippen LogP contribution < -0.4 is 10.6 Å². The van der Waals surface area contributed by atoms with Crippen molar-refractivity contribution in [2.45, 2.75) is 17.5 Å². The zero-order valence-corrected chi connectivity index (χ0v) is 15.1. The molecule has 0 aliphatic heterocycles. The van der Waals surface area contributed by atoms with Crippen LogP contribution in [0.4, 0.5) is 0 Å². The van der Waals surface area contributed by atoms with E-state index in [0.29, 0.717) is 0 Å². The Balaban J connectivity index is 4.51. The second-order valence-electron chi connectivity index (χ2n) is 5.93. The highest BCUT2D eigenvalue weighted by atomic mass is 32.2. The summed E-state index contributed by atoms with van der Waals surface area (Å²) in [6, 6.07) is 0. The molecule has 0 aromatic carbocycles. The fraction of sp³-hybridized carbons (Fsp3) is 0.923. The predicted molar refractivity (Wildman–Crippen MR) is 88.9 cm³/mol.